The maximum absolute atomic E-state index is 12.0. The summed E-state index contributed by atoms with van der Waals surface area (Å²) in [5.41, 5.74) is 4.21. The van der Waals surface area contributed by atoms with Gasteiger partial charge in [-0.1, -0.05) is 30.3 Å². The zero-order chi connectivity index (χ0) is 19.5. The lowest BCUT2D eigenvalue weighted by Gasteiger charge is -2.13. The van der Waals surface area contributed by atoms with Gasteiger partial charge in [-0.25, -0.2) is 9.78 Å². The number of nitriles is 1. The summed E-state index contributed by atoms with van der Waals surface area (Å²) in [6.45, 7) is 2.66. The van der Waals surface area contributed by atoms with Gasteiger partial charge in [0.15, 0.2) is 5.69 Å². The summed E-state index contributed by atoms with van der Waals surface area (Å²) in [6.07, 6.45) is 1.67. The number of carbonyl (C=O) groups is 1. The van der Waals surface area contributed by atoms with Crippen LogP contribution in [0.1, 0.15) is 28.5 Å². The van der Waals surface area contributed by atoms with E-state index in [0.717, 1.165) is 22.2 Å². The molecule has 0 amide bonds. The Kier molecular flexibility index (Phi) is 5.77. The van der Waals surface area contributed by atoms with Crippen LogP contribution in [0, 0.1) is 11.3 Å². The second-order valence-electron chi connectivity index (χ2n) is 6.28. The van der Waals surface area contributed by atoms with Crippen molar-refractivity contribution in [2.75, 3.05) is 11.9 Å². The highest BCUT2D eigenvalue weighted by molar-refractivity contribution is 5.97. The van der Waals surface area contributed by atoms with Gasteiger partial charge >= 0.3 is 5.97 Å². The molecule has 0 saturated carbocycles. The van der Waals surface area contributed by atoms with Crippen LogP contribution in [0.3, 0.4) is 0 Å². The second kappa shape index (κ2) is 8.42. The molecule has 0 bridgehead atoms. The Balaban J connectivity index is 0.00000240. The third kappa shape index (κ3) is 3.74. The van der Waals surface area contributed by atoms with Crippen LogP contribution in [-0.4, -0.2) is 27.4 Å². The molecule has 2 heterocycles. The van der Waals surface area contributed by atoms with Gasteiger partial charge in [-0.05, 0) is 36.8 Å². The summed E-state index contributed by atoms with van der Waals surface area (Å²) < 4.78 is 6.89. The van der Waals surface area contributed by atoms with E-state index in [2.05, 4.69) is 16.4 Å². The highest BCUT2D eigenvalue weighted by atomic mass is 16.5. The minimum absolute atomic E-state index is 0. The number of esters is 1. The molecule has 0 aliphatic heterocycles. The highest BCUT2D eigenvalue weighted by Gasteiger charge is 2.15. The van der Waals surface area contributed by atoms with Gasteiger partial charge in [-0.2, -0.15) is 5.26 Å². The molecule has 7 heteroatoms. The Hall–Kier alpha value is -3.89. The molecule has 146 valence electrons. The van der Waals surface area contributed by atoms with E-state index in [9.17, 15) is 10.1 Å². The molecule has 0 aliphatic rings. The van der Waals surface area contributed by atoms with E-state index >= 15 is 0 Å². The maximum atomic E-state index is 12.0. The zero-order valence-electron chi connectivity index (χ0n) is 15.8. The van der Waals surface area contributed by atoms with E-state index in [1.165, 1.54) is 0 Å². The van der Waals surface area contributed by atoms with Crippen LogP contribution in [0.2, 0.25) is 0 Å². The first kappa shape index (κ1) is 19.9. The second-order valence-corrected chi connectivity index (χ2v) is 6.28. The van der Waals surface area contributed by atoms with Gasteiger partial charge in [0.1, 0.15) is 11.7 Å². The Morgan fingerprint density at radius 1 is 1.17 bits per heavy atom. The Morgan fingerprint density at radius 3 is 2.69 bits per heavy atom. The molecule has 3 N–H and O–H groups in total. The quantitative estimate of drug-likeness (QED) is 0.527. The van der Waals surface area contributed by atoms with E-state index in [0.29, 0.717) is 24.4 Å². The molecular weight excluding hydrogens is 368 g/mol. The number of pyridine rings is 1. The molecule has 4 rings (SSSR count). The van der Waals surface area contributed by atoms with Crippen molar-refractivity contribution in [2.45, 2.75) is 13.5 Å². The van der Waals surface area contributed by atoms with Gasteiger partial charge in [0, 0.05) is 18.1 Å². The molecule has 0 radical (unpaired) electrons. The average Bonchev–Trinajstić information content (AvgIpc) is 3.17. The highest BCUT2D eigenvalue weighted by Crippen LogP contribution is 2.29. The topological polar surface area (TPSA) is 111 Å². The molecule has 0 spiro atoms. The predicted molar refractivity (Wildman–Crippen MR) is 111 cm³/mol. The van der Waals surface area contributed by atoms with Crippen molar-refractivity contribution in [2.24, 2.45) is 0 Å². The molecule has 0 saturated heterocycles. The molecule has 2 aromatic carbocycles. The minimum atomic E-state index is -0.449. The number of nitrogens with one attached hydrogen (secondary N) is 1. The first-order valence-corrected chi connectivity index (χ1v) is 9.01. The molecule has 4 aromatic rings. The SMILES string of the molecule is CCOC(=O)c1cn2c(ccc3c(NCc4ccccc4)c(C#N)ccc32)n1.O. The number of nitrogens with zero attached hydrogens (tertiary/aromatic N) is 3. The number of fused-ring (bicyclic) bond motifs is 3. The number of hydrogen-bond acceptors (Lipinski definition) is 5. The van der Waals surface area contributed by atoms with Crippen molar-refractivity contribution >= 4 is 28.2 Å². The Bertz CT molecular complexity index is 1210. The summed E-state index contributed by atoms with van der Waals surface area (Å²) in [7, 11) is 0. The lowest BCUT2D eigenvalue weighted by molar-refractivity contribution is 0.0520. The number of ether oxygens (including phenoxy) is 1. The number of aromatic nitrogens is 2. The summed E-state index contributed by atoms with van der Waals surface area (Å²) >= 11 is 0. The fourth-order valence-corrected chi connectivity index (χ4v) is 3.22. The summed E-state index contributed by atoms with van der Waals surface area (Å²) in [5.74, 6) is -0.449. The lowest BCUT2D eigenvalue weighted by Crippen LogP contribution is -2.04. The molecule has 29 heavy (non-hydrogen) atoms. The standard InChI is InChI=1S/C22H18N4O2.H2O/c1-2-28-22(27)18-14-26-19-10-8-16(12-23)21(17(19)9-11-20(26)25-18)24-13-15-6-4-3-5-7-15;/h3-11,14,24H,2,13H2,1H3;1H2. The van der Waals surface area contributed by atoms with Crippen molar-refractivity contribution < 1.29 is 15.0 Å². The van der Waals surface area contributed by atoms with Gasteiger partial charge in [-0.15, -0.1) is 0 Å². The fourth-order valence-electron chi connectivity index (χ4n) is 3.22. The van der Waals surface area contributed by atoms with Crippen molar-refractivity contribution in [1.29, 1.82) is 5.26 Å². The molecule has 2 aromatic heterocycles. The molecule has 0 aliphatic carbocycles. The van der Waals surface area contributed by atoms with E-state index in [1.54, 1.807) is 19.2 Å². The average molecular weight is 388 g/mol. The molecule has 0 unspecified atom stereocenters. The molecule has 0 atom stereocenters. The number of benzene rings is 2. The van der Waals surface area contributed by atoms with E-state index in [4.69, 9.17) is 4.74 Å². The van der Waals surface area contributed by atoms with Crippen LogP contribution in [-0.2, 0) is 11.3 Å². The Morgan fingerprint density at radius 2 is 1.97 bits per heavy atom. The van der Waals surface area contributed by atoms with Gasteiger partial charge in [0.2, 0.25) is 0 Å². The van der Waals surface area contributed by atoms with Crippen molar-refractivity contribution in [3.8, 4) is 6.07 Å². The number of hydrogen-bond donors (Lipinski definition) is 1. The third-order valence-electron chi connectivity index (χ3n) is 4.53. The Labute approximate surface area is 167 Å². The van der Waals surface area contributed by atoms with Crippen LogP contribution in [0.4, 0.5) is 5.69 Å². The first-order valence-electron chi connectivity index (χ1n) is 9.01. The van der Waals surface area contributed by atoms with Gasteiger partial charge in [-0.3, -0.25) is 4.40 Å². The predicted octanol–water partition coefficient (Wildman–Crippen LogP) is 3.32. The first-order chi connectivity index (χ1) is 13.7. The number of imidazole rings is 1. The summed E-state index contributed by atoms with van der Waals surface area (Å²) in [5, 5.41) is 13.8. The third-order valence-corrected chi connectivity index (χ3v) is 4.53. The van der Waals surface area contributed by atoms with Gasteiger partial charge < -0.3 is 15.5 Å². The van der Waals surface area contributed by atoms with E-state index in [-0.39, 0.29) is 11.2 Å². The maximum Gasteiger partial charge on any atom is 0.358 e. The minimum Gasteiger partial charge on any atom is -0.461 e. The van der Waals surface area contributed by atoms with E-state index in [1.807, 2.05) is 52.9 Å². The molecule has 0 fully saturated rings. The number of carbonyl (C=O) groups excluding carboxylic acids is 1. The van der Waals surface area contributed by atoms with Crippen LogP contribution in [0.5, 0.6) is 0 Å². The van der Waals surface area contributed by atoms with Crippen LogP contribution >= 0.6 is 0 Å². The lowest BCUT2D eigenvalue weighted by atomic mass is 10.1. The van der Waals surface area contributed by atoms with Gasteiger partial charge in [0.25, 0.3) is 0 Å². The van der Waals surface area contributed by atoms with Crippen molar-refractivity contribution in [1.82, 2.24) is 9.38 Å². The van der Waals surface area contributed by atoms with Crippen LogP contribution in [0.15, 0.2) is 60.8 Å². The smallest absolute Gasteiger partial charge is 0.358 e. The van der Waals surface area contributed by atoms with Gasteiger partial charge in [0.05, 0.1) is 23.4 Å². The fraction of sp³-hybridized carbons (Fsp3) is 0.136. The summed E-state index contributed by atoms with van der Waals surface area (Å²) in [4.78, 5) is 16.4. The van der Waals surface area contributed by atoms with Crippen LogP contribution < -0.4 is 5.32 Å². The molecular formula is C22H20N4O3. The normalized spacial score (nSPS) is 10.3. The number of anilines is 1. The molecule has 7 nitrogen and oxygen atoms in total. The largest absolute Gasteiger partial charge is 0.461 e. The zero-order valence-corrected chi connectivity index (χ0v) is 15.8. The number of rotatable bonds is 5. The monoisotopic (exact) mass is 388 g/mol. The van der Waals surface area contributed by atoms with Crippen molar-refractivity contribution in [3.05, 3.63) is 77.6 Å². The van der Waals surface area contributed by atoms with Crippen LogP contribution in [0.25, 0.3) is 16.6 Å². The van der Waals surface area contributed by atoms with E-state index < -0.39 is 5.97 Å². The summed E-state index contributed by atoms with van der Waals surface area (Å²) in [6, 6.07) is 19.6. The van der Waals surface area contributed by atoms with Crippen molar-refractivity contribution in [3.63, 3.8) is 0 Å².